The SMILES string of the molecule is Cn1cc2cc(Nc3nc(=O)n(CC(N)=C(F)SCF)c(=O)n3Cc3cc(F)c(F)cc3F)c(Cl)cc2n1. The second-order valence-electron chi connectivity index (χ2n) is 7.90. The van der Waals surface area contributed by atoms with E-state index in [1.165, 1.54) is 10.7 Å². The second kappa shape index (κ2) is 10.9. The lowest BCUT2D eigenvalue weighted by Crippen LogP contribution is -2.43. The summed E-state index contributed by atoms with van der Waals surface area (Å²) in [6.45, 7) is -1.54. The molecule has 2 heterocycles. The van der Waals surface area contributed by atoms with Gasteiger partial charge in [0.25, 0.3) is 0 Å². The van der Waals surface area contributed by atoms with Crippen molar-refractivity contribution in [3.8, 4) is 0 Å². The number of hydrogen-bond acceptors (Lipinski definition) is 7. The van der Waals surface area contributed by atoms with E-state index in [-0.39, 0.29) is 22.5 Å². The Labute approximate surface area is 219 Å². The highest BCUT2D eigenvalue weighted by Crippen LogP contribution is 2.29. The Kier molecular flexibility index (Phi) is 7.78. The summed E-state index contributed by atoms with van der Waals surface area (Å²) in [4.78, 5) is 29.8. The number of hydrogen-bond donors (Lipinski definition) is 2. The number of benzene rings is 2. The van der Waals surface area contributed by atoms with Crippen LogP contribution in [0.4, 0.5) is 33.6 Å². The first-order valence-electron chi connectivity index (χ1n) is 10.6. The third-order valence-corrected chi connectivity index (χ3v) is 6.22. The van der Waals surface area contributed by atoms with Crippen LogP contribution in [-0.2, 0) is 20.1 Å². The van der Waals surface area contributed by atoms with Crippen LogP contribution in [0.3, 0.4) is 0 Å². The molecular weight excluding hydrogens is 557 g/mol. The number of aryl methyl sites for hydroxylation is 1. The fourth-order valence-electron chi connectivity index (χ4n) is 3.52. The number of fused-ring (bicyclic) bond motifs is 1. The Morgan fingerprint density at radius 1 is 1.11 bits per heavy atom. The summed E-state index contributed by atoms with van der Waals surface area (Å²) in [5.74, 6) is -4.45. The summed E-state index contributed by atoms with van der Waals surface area (Å²) in [7, 11) is 1.69. The summed E-state index contributed by atoms with van der Waals surface area (Å²) in [5, 5.41) is 6.53. The van der Waals surface area contributed by atoms with Gasteiger partial charge in [-0.1, -0.05) is 23.4 Å². The molecule has 0 saturated carbocycles. The number of thioether (sulfide) groups is 1. The molecule has 0 aliphatic carbocycles. The molecule has 0 amide bonds. The van der Waals surface area contributed by atoms with Gasteiger partial charge in [-0.2, -0.15) is 14.5 Å². The van der Waals surface area contributed by atoms with Crippen molar-refractivity contribution in [1.82, 2.24) is 23.9 Å². The maximum atomic E-state index is 14.5. The quantitative estimate of drug-likeness (QED) is 0.243. The fraction of sp³-hybridized carbons (Fsp3) is 0.182. The normalized spacial score (nSPS) is 12.2. The number of aromatic nitrogens is 5. The summed E-state index contributed by atoms with van der Waals surface area (Å²) in [6.07, 6.45) is 1.67. The van der Waals surface area contributed by atoms with Gasteiger partial charge >= 0.3 is 11.4 Å². The zero-order valence-corrected chi connectivity index (χ0v) is 20.9. The molecule has 0 fully saturated rings. The molecule has 0 atom stereocenters. The van der Waals surface area contributed by atoms with Crippen molar-refractivity contribution >= 4 is 45.9 Å². The largest absolute Gasteiger partial charge is 0.398 e. The van der Waals surface area contributed by atoms with Crippen LogP contribution < -0.4 is 22.4 Å². The number of halogens is 6. The molecule has 0 unspecified atom stereocenters. The summed E-state index contributed by atoms with van der Waals surface area (Å²) in [6, 6.07) is 2.74. The number of nitrogens with one attached hydrogen (secondary N) is 1. The lowest BCUT2D eigenvalue weighted by Gasteiger charge is -2.17. The number of nitrogens with two attached hydrogens (primary N) is 1. The predicted octanol–water partition coefficient (Wildman–Crippen LogP) is 3.91. The number of rotatable bonds is 8. The standard InChI is InChI=1S/C22H17ClF5N7O2S/c1-33-6-11-3-18(12(23)4-17(11)32-33)30-20-31-21(36)35(8-16(29)19(28)38-9-24)22(37)34(20)7-10-2-14(26)15(27)5-13(10)25/h2-6H,7-9,29H2,1H3,(H,30,31,36). The zero-order chi connectivity index (χ0) is 27.7. The Balaban J connectivity index is 1.86. The summed E-state index contributed by atoms with van der Waals surface area (Å²) < 4.78 is 70.9. The Hall–Kier alpha value is -3.85. The van der Waals surface area contributed by atoms with E-state index in [4.69, 9.17) is 17.3 Å². The van der Waals surface area contributed by atoms with Crippen LogP contribution in [0.15, 0.2) is 50.9 Å². The molecule has 38 heavy (non-hydrogen) atoms. The first kappa shape index (κ1) is 27.2. The molecule has 0 aliphatic rings. The zero-order valence-electron chi connectivity index (χ0n) is 19.3. The lowest BCUT2D eigenvalue weighted by atomic mass is 10.2. The van der Waals surface area contributed by atoms with Gasteiger partial charge in [-0.15, -0.1) is 0 Å². The Morgan fingerprint density at radius 3 is 2.53 bits per heavy atom. The van der Waals surface area contributed by atoms with Crippen LogP contribution in [0.1, 0.15) is 5.56 Å². The van der Waals surface area contributed by atoms with Crippen LogP contribution >= 0.6 is 23.4 Å². The van der Waals surface area contributed by atoms with Gasteiger partial charge in [0.2, 0.25) is 5.95 Å². The molecule has 4 rings (SSSR count). The number of nitrogens with zero attached hydrogens (tertiary/aromatic N) is 5. The highest BCUT2D eigenvalue weighted by molar-refractivity contribution is 8.02. The Bertz CT molecular complexity index is 1700. The maximum Gasteiger partial charge on any atom is 0.355 e. The van der Waals surface area contributed by atoms with E-state index >= 15 is 0 Å². The van der Waals surface area contributed by atoms with Gasteiger partial charge in [-0.3, -0.25) is 9.25 Å². The summed E-state index contributed by atoms with van der Waals surface area (Å²) >= 11 is 6.43. The van der Waals surface area contributed by atoms with Crippen molar-refractivity contribution in [2.45, 2.75) is 13.1 Å². The van der Waals surface area contributed by atoms with Crippen LogP contribution in [-0.4, -0.2) is 29.9 Å². The van der Waals surface area contributed by atoms with E-state index in [2.05, 4.69) is 15.4 Å². The molecule has 0 bridgehead atoms. The lowest BCUT2D eigenvalue weighted by molar-refractivity contribution is 0.485. The molecule has 0 aliphatic heterocycles. The van der Waals surface area contributed by atoms with Crippen LogP contribution in [0.5, 0.6) is 0 Å². The molecule has 4 aromatic rings. The van der Waals surface area contributed by atoms with Crippen molar-refractivity contribution in [3.63, 3.8) is 0 Å². The van der Waals surface area contributed by atoms with E-state index in [1.807, 2.05) is 0 Å². The maximum absolute atomic E-state index is 14.5. The van der Waals surface area contributed by atoms with E-state index in [0.717, 1.165) is 4.57 Å². The van der Waals surface area contributed by atoms with Gasteiger partial charge in [-0.25, -0.2) is 31.7 Å². The molecule has 9 nitrogen and oxygen atoms in total. The van der Waals surface area contributed by atoms with Crippen LogP contribution in [0.25, 0.3) is 10.9 Å². The molecule has 2 aromatic carbocycles. The van der Waals surface area contributed by atoms with E-state index in [1.54, 1.807) is 19.3 Å². The van der Waals surface area contributed by atoms with Crippen molar-refractivity contribution in [3.05, 3.63) is 90.3 Å². The molecule has 2 aromatic heterocycles. The fourth-order valence-corrected chi connectivity index (χ4v) is 4.07. The molecule has 0 spiro atoms. The van der Waals surface area contributed by atoms with Gasteiger partial charge in [0, 0.05) is 30.3 Å². The predicted molar refractivity (Wildman–Crippen MR) is 133 cm³/mol. The smallest absolute Gasteiger partial charge is 0.355 e. The van der Waals surface area contributed by atoms with Gasteiger partial charge in [-0.05, 0) is 18.2 Å². The first-order chi connectivity index (χ1) is 18.0. The molecular formula is C22H17ClF5N7O2S. The van der Waals surface area contributed by atoms with Gasteiger partial charge < -0.3 is 11.1 Å². The van der Waals surface area contributed by atoms with Crippen molar-refractivity contribution < 1.29 is 22.0 Å². The molecule has 0 radical (unpaired) electrons. The molecule has 0 saturated heterocycles. The van der Waals surface area contributed by atoms with Gasteiger partial charge in [0.15, 0.2) is 16.8 Å². The van der Waals surface area contributed by atoms with Crippen LogP contribution in [0.2, 0.25) is 5.02 Å². The first-order valence-corrected chi connectivity index (χ1v) is 11.9. The molecule has 3 N–H and O–H groups in total. The van der Waals surface area contributed by atoms with Crippen molar-refractivity contribution in [2.24, 2.45) is 12.8 Å². The van der Waals surface area contributed by atoms with E-state index in [9.17, 15) is 31.5 Å². The third kappa shape index (κ3) is 5.52. The van der Waals surface area contributed by atoms with E-state index in [0.29, 0.717) is 27.6 Å². The Morgan fingerprint density at radius 2 is 1.82 bits per heavy atom. The minimum Gasteiger partial charge on any atom is -0.398 e. The minimum atomic E-state index is -1.45. The highest BCUT2D eigenvalue weighted by atomic mass is 35.5. The van der Waals surface area contributed by atoms with Crippen molar-refractivity contribution in [1.29, 1.82) is 0 Å². The summed E-state index contributed by atoms with van der Waals surface area (Å²) in [5.41, 5.74) is 2.85. The van der Waals surface area contributed by atoms with E-state index < -0.39 is 70.3 Å². The third-order valence-electron chi connectivity index (χ3n) is 5.28. The highest BCUT2D eigenvalue weighted by Gasteiger charge is 2.19. The second-order valence-corrected chi connectivity index (χ2v) is 9.17. The number of alkyl halides is 1. The van der Waals surface area contributed by atoms with Gasteiger partial charge in [0.1, 0.15) is 11.8 Å². The van der Waals surface area contributed by atoms with Gasteiger partial charge in [0.05, 0.1) is 35.0 Å². The average Bonchev–Trinajstić information content (AvgIpc) is 3.21. The minimum absolute atomic E-state index is 0.107. The molecule has 16 heteroatoms. The number of allylic oxidation sites excluding steroid dienone is 1. The molecule has 200 valence electrons. The van der Waals surface area contributed by atoms with Crippen molar-refractivity contribution in [2.75, 3.05) is 11.3 Å². The monoisotopic (exact) mass is 573 g/mol. The van der Waals surface area contributed by atoms with Crippen LogP contribution in [0, 0.1) is 17.5 Å². The average molecular weight is 574 g/mol. The number of anilines is 2. The topological polar surface area (TPSA) is 113 Å².